The number of aliphatic hydroxyl groups is 1. The molecule has 3 aromatic carbocycles. The van der Waals surface area contributed by atoms with E-state index < -0.39 is 6.04 Å². The highest BCUT2D eigenvalue weighted by atomic mass is 16.5. The van der Waals surface area contributed by atoms with E-state index in [1.54, 1.807) is 16.8 Å². The second kappa shape index (κ2) is 13.0. The lowest BCUT2D eigenvalue weighted by Gasteiger charge is -2.35. The number of rotatable bonds is 6. The first-order valence-electron chi connectivity index (χ1n) is 15.0. The van der Waals surface area contributed by atoms with Crippen molar-refractivity contribution in [3.8, 4) is 11.1 Å². The third-order valence-electron chi connectivity index (χ3n) is 8.67. The Hall–Kier alpha value is -4.14. The van der Waals surface area contributed by atoms with E-state index in [-0.39, 0.29) is 36.6 Å². The maximum atomic E-state index is 14.5. The first kappa shape index (κ1) is 30.3. The van der Waals surface area contributed by atoms with Crippen molar-refractivity contribution in [2.75, 3.05) is 26.7 Å². The van der Waals surface area contributed by atoms with Crippen LogP contribution in [0.15, 0.2) is 78.9 Å². The zero-order chi connectivity index (χ0) is 30.7. The van der Waals surface area contributed by atoms with Gasteiger partial charge < -0.3 is 29.5 Å². The Morgan fingerprint density at radius 1 is 1.05 bits per heavy atom. The third-order valence-corrected chi connectivity index (χ3v) is 8.67. The number of nitrogens with one attached hydrogen (secondary N) is 1. The van der Waals surface area contributed by atoms with Crippen LogP contribution in [0.5, 0.6) is 0 Å². The summed E-state index contributed by atoms with van der Waals surface area (Å²) in [6, 6.07) is 25.2. The predicted molar refractivity (Wildman–Crippen MR) is 170 cm³/mol. The number of aromatic nitrogens is 1. The molecule has 0 fully saturated rings. The van der Waals surface area contributed by atoms with Gasteiger partial charge in [-0.2, -0.15) is 0 Å². The van der Waals surface area contributed by atoms with E-state index in [0.717, 1.165) is 33.2 Å². The number of carbonyl (C=O) groups excluding carboxylic acids is 2. The number of aliphatic hydroxyl groups excluding tert-OH is 1. The van der Waals surface area contributed by atoms with Gasteiger partial charge in [-0.3, -0.25) is 4.79 Å². The molecule has 8 heteroatoms. The quantitative estimate of drug-likeness (QED) is 0.310. The lowest BCUT2D eigenvalue weighted by molar-refractivity contribution is -0.0186. The smallest absolute Gasteiger partial charge is 0.317 e. The van der Waals surface area contributed by atoms with Crippen LogP contribution in [0.1, 0.15) is 48.4 Å². The average Bonchev–Trinajstić information content (AvgIpc) is 3.32. The molecule has 2 N–H and O–H groups in total. The summed E-state index contributed by atoms with van der Waals surface area (Å²) in [6.07, 6.45) is -0.366. The number of hydrogen-bond donors (Lipinski definition) is 2. The van der Waals surface area contributed by atoms with Crippen molar-refractivity contribution in [1.29, 1.82) is 0 Å². The van der Waals surface area contributed by atoms with Gasteiger partial charge in [0.15, 0.2) is 0 Å². The van der Waals surface area contributed by atoms with E-state index in [1.807, 2.05) is 111 Å². The van der Waals surface area contributed by atoms with Gasteiger partial charge in [-0.15, -0.1) is 0 Å². The zero-order valence-corrected chi connectivity index (χ0v) is 25.7. The minimum Gasteiger partial charge on any atom is -0.394 e. The van der Waals surface area contributed by atoms with E-state index in [9.17, 15) is 14.7 Å². The van der Waals surface area contributed by atoms with Crippen molar-refractivity contribution in [2.24, 2.45) is 13.0 Å². The van der Waals surface area contributed by atoms with Crippen LogP contribution >= 0.6 is 0 Å². The largest absolute Gasteiger partial charge is 0.394 e. The van der Waals surface area contributed by atoms with Crippen LogP contribution in [0, 0.1) is 5.92 Å². The summed E-state index contributed by atoms with van der Waals surface area (Å²) in [5.74, 6) is -0.275. The van der Waals surface area contributed by atoms with E-state index in [0.29, 0.717) is 25.4 Å². The maximum Gasteiger partial charge on any atom is 0.317 e. The van der Waals surface area contributed by atoms with Gasteiger partial charge in [0, 0.05) is 49.6 Å². The number of urea groups is 1. The second-order valence-electron chi connectivity index (χ2n) is 11.7. The molecule has 0 bridgehead atoms. The fourth-order valence-electron chi connectivity index (χ4n) is 6.00. The Bertz CT molecular complexity index is 1580. The number of fused-ring (bicyclic) bond motifs is 5. The summed E-state index contributed by atoms with van der Waals surface area (Å²) in [5, 5.41) is 14.3. The number of hydrogen-bond acceptors (Lipinski definition) is 4. The van der Waals surface area contributed by atoms with Crippen LogP contribution in [0.25, 0.3) is 22.0 Å². The number of carbonyl (C=O) groups is 2. The zero-order valence-electron chi connectivity index (χ0n) is 25.7. The van der Waals surface area contributed by atoms with Crippen molar-refractivity contribution in [3.63, 3.8) is 0 Å². The molecule has 4 atom stereocenters. The van der Waals surface area contributed by atoms with E-state index in [2.05, 4.69) is 5.32 Å². The molecule has 8 nitrogen and oxygen atoms in total. The van der Waals surface area contributed by atoms with Gasteiger partial charge in [-0.25, -0.2) is 4.79 Å². The lowest BCUT2D eigenvalue weighted by atomic mass is 9.96. The summed E-state index contributed by atoms with van der Waals surface area (Å²) in [5.41, 5.74) is 5.36. The molecule has 0 aliphatic carbocycles. The number of amides is 3. The molecule has 0 saturated carbocycles. The number of nitrogens with zero attached hydrogens (tertiary/aromatic N) is 3. The molecule has 1 aliphatic heterocycles. The fraction of sp³-hybridized carbons (Fsp3) is 0.371. The summed E-state index contributed by atoms with van der Waals surface area (Å²) in [7, 11) is 3.69. The molecule has 0 spiro atoms. The molecule has 4 aromatic rings. The van der Waals surface area contributed by atoms with Gasteiger partial charge in [0.1, 0.15) is 5.69 Å². The molecule has 226 valence electrons. The molecule has 43 heavy (non-hydrogen) atoms. The van der Waals surface area contributed by atoms with Crippen LogP contribution in [0.3, 0.4) is 0 Å². The summed E-state index contributed by atoms with van der Waals surface area (Å²) < 4.78 is 8.59. The van der Waals surface area contributed by atoms with Gasteiger partial charge in [0.25, 0.3) is 5.91 Å². The van der Waals surface area contributed by atoms with Gasteiger partial charge >= 0.3 is 6.03 Å². The molecule has 5 rings (SSSR count). The number of likely N-dealkylation sites (N-methyl/N-ethyl adjacent to an activating group) is 1. The molecule has 0 radical (unpaired) electrons. The van der Waals surface area contributed by atoms with Crippen molar-refractivity contribution >= 4 is 22.8 Å². The summed E-state index contributed by atoms with van der Waals surface area (Å²) in [6.45, 7) is 6.72. The third kappa shape index (κ3) is 6.17. The molecule has 2 heterocycles. The first-order valence-corrected chi connectivity index (χ1v) is 15.0. The van der Waals surface area contributed by atoms with Crippen molar-refractivity contribution < 1.29 is 19.4 Å². The predicted octanol–water partition coefficient (Wildman–Crippen LogP) is 5.61. The van der Waals surface area contributed by atoms with E-state index in [4.69, 9.17) is 4.74 Å². The van der Waals surface area contributed by atoms with Crippen LogP contribution in [0.4, 0.5) is 4.79 Å². The summed E-state index contributed by atoms with van der Waals surface area (Å²) >= 11 is 0. The van der Waals surface area contributed by atoms with Crippen molar-refractivity contribution in [1.82, 2.24) is 19.7 Å². The molecule has 3 amide bonds. The minimum atomic E-state index is -0.412. The normalized spacial score (nSPS) is 18.7. The number of ether oxygens (including phenoxy) is 1. The Balaban J connectivity index is 1.50. The molecule has 0 saturated heterocycles. The average molecular weight is 583 g/mol. The Kier molecular flexibility index (Phi) is 9.18. The highest BCUT2D eigenvalue weighted by Gasteiger charge is 2.34. The summed E-state index contributed by atoms with van der Waals surface area (Å²) in [4.78, 5) is 31.1. The van der Waals surface area contributed by atoms with Crippen molar-refractivity contribution in [2.45, 2.75) is 45.6 Å². The van der Waals surface area contributed by atoms with E-state index >= 15 is 0 Å². The van der Waals surface area contributed by atoms with Crippen LogP contribution in [0.2, 0.25) is 0 Å². The SMILES string of the molecule is C[C@@H]1CN([C@@H](C)CO)C(=O)c2c(c3ccccc3n2C)-c2ccccc2CO[C@@H]1CN(C)C(=O)N[C@H](C)c1ccccc1. The molecular formula is C35H42N4O4. The molecule has 0 unspecified atom stereocenters. The Morgan fingerprint density at radius 3 is 2.47 bits per heavy atom. The van der Waals surface area contributed by atoms with Gasteiger partial charge in [-0.1, -0.05) is 79.7 Å². The number of benzene rings is 3. The Morgan fingerprint density at radius 2 is 1.72 bits per heavy atom. The van der Waals surface area contributed by atoms with Crippen LogP contribution in [-0.4, -0.2) is 70.3 Å². The molecular weight excluding hydrogens is 540 g/mol. The van der Waals surface area contributed by atoms with Crippen LogP contribution < -0.4 is 5.32 Å². The highest BCUT2D eigenvalue weighted by Crippen LogP contribution is 2.38. The standard InChI is InChI=1S/C35H42N4O4/c1-23-19-39(24(2)21-40)34(41)33-32(29-17-11-12-18-30(29)38(33)5)28-16-10-9-15-27(28)22-43-31(23)20-37(4)35(42)36-25(3)26-13-7-6-8-14-26/h6-18,23-25,31,40H,19-22H2,1-5H3,(H,36,42)/t23-,24+,25-,31-/m1/s1. The highest BCUT2D eigenvalue weighted by molar-refractivity contribution is 6.10. The minimum absolute atomic E-state index is 0.136. The Labute approximate surface area is 253 Å². The topological polar surface area (TPSA) is 87.0 Å². The number of para-hydroxylation sites is 1. The molecule has 1 aliphatic rings. The number of aryl methyl sites for hydroxylation is 1. The van der Waals surface area contributed by atoms with Crippen molar-refractivity contribution in [3.05, 3.63) is 95.7 Å². The molecule has 1 aromatic heterocycles. The van der Waals surface area contributed by atoms with Gasteiger partial charge in [-0.05, 0) is 36.6 Å². The van der Waals surface area contributed by atoms with Gasteiger partial charge in [0.05, 0.1) is 31.4 Å². The first-order chi connectivity index (χ1) is 20.7. The maximum absolute atomic E-state index is 14.5. The van der Waals surface area contributed by atoms with Gasteiger partial charge in [0.2, 0.25) is 0 Å². The lowest BCUT2D eigenvalue weighted by Crippen LogP contribution is -2.49. The monoisotopic (exact) mass is 582 g/mol. The van der Waals surface area contributed by atoms with E-state index in [1.165, 1.54) is 0 Å². The second-order valence-corrected chi connectivity index (χ2v) is 11.7. The fourth-order valence-corrected chi connectivity index (χ4v) is 6.00. The van der Waals surface area contributed by atoms with Crippen LogP contribution in [-0.2, 0) is 18.4 Å².